The van der Waals surface area contributed by atoms with Gasteiger partial charge in [0.1, 0.15) is 10.7 Å². The minimum atomic E-state index is 0.433. The average molecular weight is 307 g/mol. The van der Waals surface area contributed by atoms with Gasteiger partial charge in [0, 0.05) is 43.3 Å². The molecule has 0 spiro atoms. The normalized spacial score (nSPS) is 20.4. The Morgan fingerprint density at radius 3 is 2.76 bits per heavy atom. The lowest BCUT2D eigenvalue weighted by atomic mass is 10.1. The Hall–Kier alpha value is -1.17. The van der Waals surface area contributed by atoms with E-state index in [1.165, 1.54) is 0 Å². The fourth-order valence-corrected chi connectivity index (χ4v) is 3.11. The summed E-state index contributed by atoms with van der Waals surface area (Å²) in [6, 6.07) is 6.52. The van der Waals surface area contributed by atoms with Gasteiger partial charge in [-0.3, -0.25) is 9.80 Å². The zero-order valence-corrected chi connectivity index (χ0v) is 13.9. The maximum atomic E-state index is 5.74. The Morgan fingerprint density at radius 2 is 2.19 bits per heavy atom. The predicted molar refractivity (Wildman–Crippen MR) is 90.9 cm³/mol. The summed E-state index contributed by atoms with van der Waals surface area (Å²) in [6.07, 6.45) is 0. The number of hydrogen-bond donors (Lipinski definition) is 1. The highest BCUT2D eigenvalue weighted by atomic mass is 32.1. The fraction of sp³-hybridized carbons (Fsp3) is 0.562. The first-order valence-corrected chi connectivity index (χ1v) is 7.89. The van der Waals surface area contributed by atoms with Gasteiger partial charge in [0.15, 0.2) is 0 Å². The molecule has 0 aliphatic carbocycles. The van der Waals surface area contributed by atoms with Gasteiger partial charge in [-0.2, -0.15) is 0 Å². The number of methoxy groups -OCH3 is 1. The molecule has 0 bridgehead atoms. The molecule has 4 nitrogen and oxygen atoms in total. The van der Waals surface area contributed by atoms with Crippen LogP contribution in [0.15, 0.2) is 18.2 Å². The Labute approximate surface area is 132 Å². The van der Waals surface area contributed by atoms with E-state index in [-0.39, 0.29) is 0 Å². The van der Waals surface area contributed by atoms with Crippen molar-refractivity contribution in [2.24, 2.45) is 5.73 Å². The number of likely N-dealkylation sites (N-methyl/N-ethyl adjacent to an activating group) is 1. The van der Waals surface area contributed by atoms with Gasteiger partial charge in [0.25, 0.3) is 0 Å². The van der Waals surface area contributed by atoms with E-state index in [9.17, 15) is 0 Å². The summed E-state index contributed by atoms with van der Waals surface area (Å²) in [4.78, 5) is 5.42. The predicted octanol–water partition coefficient (Wildman–Crippen LogP) is 1.86. The molecule has 1 saturated heterocycles. The first-order chi connectivity index (χ1) is 10.0. The topological polar surface area (TPSA) is 41.7 Å². The second-order valence-corrected chi connectivity index (χ2v) is 6.04. The maximum Gasteiger partial charge on any atom is 0.123 e. The molecular formula is C16H25N3OS. The van der Waals surface area contributed by atoms with Gasteiger partial charge in [-0.05, 0) is 31.7 Å². The van der Waals surface area contributed by atoms with Crippen molar-refractivity contribution < 1.29 is 4.74 Å². The summed E-state index contributed by atoms with van der Waals surface area (Å²) in [5.41, 5.74) is 7.79. The van der Waals surface area contributed by atoms with Crippen LogP contribution in [0.5, 0.6) is 5.75 Å². The van der Waals surface area contributed by atoms with Gasteiger partial charge >= 0.3 is 0 Å². The molecule has 1 heterocycles. The number of nitrogens with zero attached hydrogens (tertiary/aromatic N) is 2. The number of thiocarbonyl (C=S) groups is 1. The van der Waals surface area contributed by atoms with Crippen LogP contribution in [0.2, 0.25) is 0 Å². The lowest BCUT2D eigenvalue weighted by Crippen LogP contribution is -2.51. The average Bonchev–Trinajstić information content (AvgIpc) is 2.47. The molecule has 0 saturated carbocycles. The van der Waals surface area contributed by atoms with Gasteiger partial charge in [-0.25, -0.2) is 0 Å². The summed E-state index contributed by atoms with van der Waals surface area (Å²) >= 11 is 5.07. The first kappa shape index (κ1) is 16.2. The number of benzene rings is 1. The Bertz CT molecular complexity index is 506. The molecule has 1 fully saturated rings. The monoisotopic (exact) mass is 307 g/mol. The molecule has 1 aliphatic heterocycles. The second kappa shape index (κ2) is 7.20. The maximum absolute atomic E-state index is 5.74. The van der Waals surface area contributed by atoms with E-state index in [0.29, 0.717) is 11.0 Å². The second-order valence-electron chi connectivity index (χ2n) is 5.60. The molecule has 116 valence electrons. The Balaban J connectivity index is 2.11. The molecule has 5 heteroatoms. The van der Waals surface area contributed by atoms with E-state index < -0.39 is 0 Å². The third-order valence-electron chi connectivity index (χ3n) is 4.21. The molecule has 1 aromatic rings. The molecule has 0 amide bonds. The standard InChI is InChI=1S/C16H25N3OS/c1-4-19-8-7-18(10-12(19)2)11-14-9-13(16(17)21)5-6-15(14)20-3/h5-6,9,12H,4,7-8,10-11H2,1-3H3,(H2,17,21). The molecule has 1 unspecified atom stereocenters. The highest BCUT2D eigenvalue weighted by molar-refractivity contribution is 7.80. The molecule has 1 aromatic carbocycles. The summed E-state index contributed by atoms with van der Waals surface area (Å²) < 4.78 is 5.47. The zero-order chi connectivity index (χ0) is 15.4. The van der Waals surface area contributed by atoms with Crippen molar-refractivity contribution in [3.63, 3.8) is 0 Å². The summed E-state index contributed by atoms with van der Waals surface area (Å²) in [5.74, 6) is 0.903. The van der Waals surface area contributed by atoms with E-state index in [1.807, 2.05) is 12.1 Å². The number of ether oxygens (including phenoxy) is 1. The van der Waals surface area contributed by atoms with Crippen molar-refractivity contribution in [3.05, 3.63) is 29.3 Å². The summed E-state index contributed by atoms with van der Waals surface area (Å²) in [7, 11) is 1.71. The third kappa shape index (κ3) is 3.93. The molecule has 0 radical (unpaired) electrons. The lowest BCUT2D eigenvalue weighted by Gasteiger charge is -2.39. The van der Waals surface area contributed by atoms with Gasteiger partial charge in [-0.1, -0.05) is 19.1 Å². The van der Waals surface area contributed by atoms with Crippen molar-refractivity contribution in [2.45, 2.75) is 26.4 Å². The third-order valence-corrected chi connectivity index (χ3v) is 4.45. The van der Waals surface area contributed by atoms with Crippen LogP contribution >= 0.6 is 12.2 Å². The van der Waals surface area contributed by atoms with Crippen LogP contribution in [-0.4, -0.2) is 54.1 Å². The quantitative estimate of drug-likeness (QED) is 0.841. The minimum absolute atomic E-state index is 0.433. The SMILES string of the molecule is CCN1CCN(Cc2cc(C(N)=S)ccc2OC)CC1C. The van der Waals surface area contributed by atoms with Gasteiger partial charge in [0.05, 0.1) is 7.11 Å². The van der Waals surface area contributed by atoms with E-state index in [4.69, 9.17) is 22.7 Å². The molecule has 1 atom stereocenters. The van der Waals surface area contributed by atoms with Crippen LogP contribution in [-0.2, 0) is 6.54 Å². The van der Waals surface area contributed by atoms with Crippen molar-refractivity contribution in [1.29, 1.82) is 0 Å². The minimum Gasteiger partial charge on any atom is -0.496 e. The largest absolute Gasteiger partial charge is 0.496 e. The molecule has 1 aliphatic rings. The van der Waals surface area contributed by atoms with Gasteiger partial charge in [-0.15, -0.1) is 0 Å². The van der Waals surface area contributed by atoms with Gasteiger partial charge < -0.3 is 10.5 Å². The van der Waals surface area contributed by atoms with Crippen LogP contribution in [0.4, 0.5) is 0 Å². The van der Waals surface area contributed by atoms with E-state index in [1.54, 1.807) is 7.11 Å². The molecular weight excluding hydrogens is 282 g/mol. The number of hydrogen-bond acceptors (Lipinski definition) is 4. The highest BCUT2D eigenvalue weighted by Crippen LogP contribution is 2.23. The summed E-state index contributed by atoms with van der Waals surface area (Å²) in [6.45, 7) is 9.79. The Morgan fingerprint density at radius 1 is 1.43 bits per heavy atom. The molecule has 2 rings (SSSR count). The molecule has 0 aromatic heterocycles. The molecule has 2 N–H and O–H groups in total. The van der Waals surface area contributed by atoms with E-state index in [2.05, 4.69) is 29.7 Å². The van der Waals surface area contributed by atoms with Crippen molar-refractivity contribution >= 4 is 17.2 Å². The number of piperazine rings is 1. The molecule has 21 heavy (non-hydrogen) atoms. The van der Waals surface area contributed by atoms with Crippen molar-refractivity contribution in [2.75, 3.05) is 33.3 Å². The number of rotatable bonds is 5. The fourth-order valence-electron chi connectivity index (χ4n) is 2.98. The van der Waals surface area contributed by atoms with Crippen molar-refractivity contribution in [3.8, 4) is 5.75 Å². The smallest absolute Gasteiger partial charge is 0.123 e. The number of nitrogens with two attached hydrogens (primary N) is 1. The summed E-state index contributed by atoms with van der Waals surface area (Å²) in [5, 5.41) is 0. The van der Waals surface area contributed by atoms with Crippen LogP contribution in [0, 0.1) is 0 Å². The van der Waals surface area contributed by atoms with Crippen LogP contribution < -0.4 is 10.5 Å². The van der Waals surface area contributed by atoms with E-state index >= 15 is 0 Å². The zero-order valence-electron chi connectivity index (χ0n) is 13.1. The Kier molecular flexibility index (Phi) is 5.56. The lowest BCUT2D eigenvalue weighted by molar-refractivity contribution is 0.0829. The van der Waals surface area contributed by atoms with Crippen LogP contribution in [0.25, 0.3) is 0 Å². The van der Waals surface area contributed by atoms with Crippen molar-refractivity contribution in [1.82, 2.24) is 9.80 Å². The first-order valence-electron chi connectivity index (χ1n) is 7.48. The van der Waals surface area contributed by atoms with Gasteiger partial charge in [0.2, 0.25) is 0 Å². The highest BCUT2D eigenvalue weighted by Gasteiger charge is 2.23. The van der Waals surface area contributed by atoms with E-state index in [0.717, 1.165) is 49.6 Å². The van der Waals surface area contributed by atoms with Crippen LogP contribution in [0.1, 0.15) is 25.0 Å². The van der Waals surface area contributed by atoms with Crippen LogP contribution in [0.3, 0.4) is 0 Å².